The smallest absolute Gasteiger partial charge is 0.379 e. The van der Waals surface area contributed by atoms with Gasteiger partial charge >= 0.3 is 18.3 Å². The summed E-state index contributed by atoms with van der Waals surface area (Å²) in [5.41, 5.74) is 4.97. The molecule has 0 radical (unpaired) electrons. The van der Waals surface area contributed by atoms with Gasteiger partial charge in [-0.05, 0) is 0 Å². The molecule has 0 aliphatic carbocycles. The number of aromatic nitrogens is 6. The molecule has 0 bridgehead atoms. The number of morpholine rings is 1. The predicted octanol–water partition coefficient (Wildman–Crippen LogP) is 1.67. The molecule has 13 nitrogen and oxygen atoms in total. The van der Waals surface area contributed by atoms with E-state index < -0.39 is 24.2 Å². The third-order valence-corrected chi connectivity index (χ3v) is 6.62. The Morgan fingerprint density at radius 3 is 2.45 bits per heavy atom. The third-order valence-electron chi connectivity index (χ3n) is 6.62. The van der Waals surface area contributed by atoms with E-state index in [2.05, 4.69) is 30.1 Å². The lowest BCUT2D eigenvalue weighted by Gasteiger charge is -2.44. The van der Waals surface area contributed by atoms with Gasteiger partial charge in [-0.2, -0.15) is 13.2 Å². The number of fused-ring (bicyclic) bond motifs is 1. The number of hydrogen-bond donors (Lipinski definition) is 2. The number of nitrogens with one attached hydrogen (secondary N) is 1. The summed E-state index contributed by atoms with van der Waals surface area (Å²) in [6, 6.07) is -0.274. The molecule has 3 aromatic heterocycles. The Morgan fingerprint density at radius 1 is 1.12 bits per heavy atom. The maximum atomic E-state index is 13.8. The van der Waals surface area contributed by atoms with Gasteiger partial charge in [0.25, 0.3) is 0 Å². The second-order valence-electron chi connectivity index (χ2n) is 10.6. The minimum Gasteiger partial charge on any atom is -0.379 e. The average Bonchev–Trinajstić information content (AvgIpc) is 3.26. The maximum absolute atomic E-state index is 13.8. The van der Waals surface area contributed by atoms with Gasteiger partial charge in [0, 0.05) is 50.5 Å². The molecule has 216 valence electrons. The molecule has 2 saturated heterocycles. The predicted molar refractivity (Wildman–Crippen MR) is 138 cm³/mol. The topological polar surface area (TPSA) is 149 Å². The summed E-state index contributed by atoms with van der Waals surface area (Å²) in [6.45, 7) is 8.56. The number of rotatable bonds is 5. The number of primary amides is 1. The van der Waals surface area contributed by atoms with E-state index in [0.717, 1.165) is 4.57 Å². The van der Waals surface area contributed by atoms with Gasteiger partial charge in [0.15, 0.2) is 22.8 Å². The first kappa shape index (κ1) is 27.9. The summed E-state index contributed by atoms with van der Waals surface area (Å²) in [5.74, 6) is 0.769. The highest BCUT2D eigenvalue weighted by atomic mass is 19.4. The van der Waals surface area contributed by atoms with E-state index in [4.69, 9.17) is 25.2 Å². The number of carbonyl (C=O) groups excluding carboxylic acids is 1. The van der Waals surface area contributed by atoms with Crippen molar-refractivity contribution in [1.29, 1.82) is 0 Å². The lowest BCUT2D eigenvalue weighted by molar-refractivity contribution is -0.140. The Hall–Kier alpha value is -3.63. The summed E-state index contributed by atoms with van der Waals surface area (Å²) in [6.07, 6.45) is -3.07. The van der Waals surface area contributed by atoms with Crippen molar-refractivity contribution in [1.82, 2.24) is 39.7 Å². The number of nitrogens with two attached hydrogens (primary N) is 1. The van der Waals surface area contributed by atoms with E-state index in [1.165, 1.54) is 12.4 Å². The third kappa shape index (κ3) is 5.93. The Labute approximate surface area is 227 Å². The molecule has 3 N–H and O–H groups in total. The van der Waals surface area contributed by atoms with Crippen molar-refractivity contribution in [3.8, 4) is 17.4 Å². The second-order valence-corrected chi connectivity index (χ2v) is 10.6. The summed E-state index contributed by atoms with van der Waals surface area (Å²) < 4.78 is 52.9. The van der Waals surface area contributed by atoms with Crippen LogP contribution >= 0.6 is 0 Å². The molecule has 2 aliphatic heterocycles. The Kier molecular flexibility index (Phi) is 7.50. The fourth-order valence-electron chi connectivity index (χ4n) is 4.93. The molecule has 0 saturated carbocycles. The molecule has 0 spiro atoms. The van der Waals surface area contributed by atoms with Crippen LogP contribution in [0, 0.1) is 0 Å². The summed E-state index contributed by atoms with van der Waals surface area (Å²) >= 11 is 0. The van der Waals surface area contributed by atoms with Crippen molar-refractivity contribution in [3.05, 3.63) is 18.2 Å². The minimum atomic E-state index is -4.51. The van der Waals surface area contributed by atoms with Gasteiger partial charge in [-0.15, -0.1) is 0 Å². The highest BCUT2D eigenvalue weighted by molar-refractivity contribution is 5.86. The normalized spacial score (nSPS) is 19.2. The molecule has 1 unspecified atom stereocenters. The van der Waals surface area contributed by atoms with Crippen LogP contribution in [0.4, 0.5) is 23.8 Å². The van der Waals surface area contributed by atoms with Crippen LogP contribution in [0.5, 0.6) is 6.01 Å². The number of hydrogen-bond acceptors (Lipinski definition) is 11. The first-order valence-corrected chi connectivity index (χ1v) is 12.8. The van der Waals surface area contributed by atoms with Crippen LogP contribution in [-0.4, -0.2) is 98.8 Å². The lowest BCUT2D eigenvalue weighted by atomic mass is 9.95. The Bertz CT molecular complexity index is 1370. The molecular formula is C24H31F3N10O3. The van der Waals surface area contributed by atoms with E-state index in [0.29, 0.717) is 57.3 Å². The number of anilines is 1. The maximum Gasteiger partial charge on any atom is 0.412 e. The van der Waals surface area contributed by atoms with Crippen LogP contribution in [0.25, 0.3) is 22.6 Å². The minimum absolute atomic E-state index is 0.0546. The molecule has 1 amide bonds. The van der Waals surface area contributed by atoms with E-state index in [9.17, 15) is 18.0 Å². The number of carbonyl (C=O) groups is 1. The standard InChI is InChI=1S/C24H31F3N10O3/c1-23(2,3)20-32-16-18(36-5-4-29-12-15(36)35-6-8-39-9-7-35)33-17(34-19(16)37(20)13-24(25,26)27)14-10-30-22(31-11-14)40-21(28)38/h10-11,15,29H,4-9,12-13H2,1-3H3,(H2,28,38). The zero-order valence-electron chi connectivity index (χ0n) is 22.4. The number of imidazole rings is 1. The van der Waals surface area contributed by atoms with Gasteiger partial charge in [0.1, 0.15) is 12.4 Å². The molecule has 5 heterocycles. The fourth-order valence-corrected chi connectivity index (χ4v) is 4.93. The zero-order chi connectivity index (χ0) is 28.7. The van der Waals surface area contributed by atoms with Gasteiger partial charge < -0.3 is 30.0 Å². The van der Waals surface area contributed by atoms with Crippen LogP contribution in [-0.2, 0) is 16.7 Å². The zero-order valence-corrected chi connectivity index (χ0v) is 22.4. The quantitative estimate of drug-likeness (QED) is 0.466. The van der Waals surface area contributed by atoms with E-state index in [-0.39, 0.29) is 35.0 Å². The molecular weight excluding hydrogens is 533 g/mol. The number of piperazine rings is 1. The lowest BCUT2D eigenvalue weighted by Crippen LogP contribution is -2.61. The fraction of sp³-hybridized carbons (Fsp3) is 0.583. The van der Waals surface area contributed by atoms with Crippen molar-refractivity contribution in [3.63, 3.8) is 0 Å². The van der Waals surface area contributed by atoms with Crippen LogP contribution in [0.15, 0.2) is 12.4 Å². The SMILES string of the molecule is CC(C)(C)c1nc2c(N3CCNCC3N3CCOCC3)nc(-c3cnc(OC(N)=O)nc3)nc2n1CC(F)(F)F. The largest absolute Gasteiger partial charge is 0.412 e. The van der Waals surface area contributed by atoms with Gasteiger partial charge in [-0.3, -0.25) is 4.90 Å². The highest BCUT2D eigenvalue weighted by Crippen LogP contribution is 2.35. The van der Waals surface area contributed by atoms with Gasteiger partial charge in [0.05, 0.1) is 24.9 Å². The highest BCUT2D eigenvalue weighted by Gasteiger charge is 2.37. The molecule has 2 aliphatic rings. The van der Waals surface area contributed by atoms with E-state index in [1.54, 1.807) is 0 Å². The summed E-state index contributed by atoms with van der Waals surface area (Å²) in [7, 11) is 0. The van der Waals surface area contributed by atoms with Crippen molar-refractivity contribution >= 4 is 23.1 Å². The molecule has 2 fully saturated rings. The molecule has 3 aromatic rings. The first-order chi connectivity index (χ1) is 18.9. The second kappa shape index (κ2) is 10.7. The Morgan fingerprint density at radius 2 is 1.82 bits per heavy atom. The van der Waals surface area contributed by atoms with Crippen LogP contribution in [0.3, 0.4) is 0 Å². The van der Waals surface area contributed by atoms with E-state index in [1.807, 2.05) is 20.8 Å². The van der Waals surface area contributed by atoms with E-state index >= 15 is 0 Å². The number of halogens is 3. The number of alkyl halides is 3. The van der Waals surface area contributed by atoms with Crippen molar-refractivity contribution in [2.75, 3.05) is 50.8 Å². The summed E-state index contributed by atoms with van der Waals surface area (Å²) in [5, 5.41) is 3.41. The average molecular weight is 565 g/mol. The Balaban J connectivity index is 1.71. The number of nitrogens with zero attached hydrogens (tertiary/aromatic N) is 8. The van der Waals surface area contributed by atoms with Crippen LogP contribution < -0.4 is 20.7 Å². The monoisotopic (exact) mass is 564 g/mol. The molecule has 16 heteroatoms. The van der Waals surface area contributed by atoms with Gasteiger partial charge in [0.2, 0.25) is 0 Å². The first-order valence-electron chi connectivity index (χ1n) is 12.8. The van der Waals surface area contributed by atoms with Gasteiger partial charge in [-0.1, -0.05) is 20.8 Å². The molecule has 5 rings (SSSR count). The van der Waals surface area contributed by atoms with Crippen molar-refractivity contribution < 1.29 is 27.4 Å². The van der Waals surface area contributed by atoms with Crippen molar-refractivity contribution in [2.45, 2.75) is 45.1 Å². The number of amides is 1. The van der Waals surface area contributed by atoms with Crippen LogP contribution in [0.2, 0.25) is 0 Å². The molecule has 40 heavy (non-hydrogen) atoms. The van der Waals surface area contributed by atoms with Crippen molar-refractivity contribution in [2.24, 2.45) is 5.73 Å². The van der Waals surface area contributed by atoms with Crippen LogP contribution in [0.1, 0.15) is 26.6 Å². The summed E-state index contributed by atoms with van der Waals surface area (Å²) in [4.78, 5) is 37.4. The number of ether oxygens (including phenoxy) is 2. The molecule has 1 atom stereocenters. The molecule has 0 aromatic carbocycles. The van der Waals surface area contributed by atoms with Gasteiger partial charge in [-0.25, -0.2) is 29.7 Å².